The summed E-state index contributed by atoms with van der Waals surface area (Å²) >= 11 is 0. The molecule has 1 atom stereocenters. The predicted molar refractivity (Wildman–Crippen MR) is 143 cm³/mol. The Kier molecular flexibility index (Phi) is 6.89. The van der Waals surface area contributed by atoms with Gasteiger partial charge in [-0.15, -0.1) is 0 Å². The molecular weight excluding hydrogens is 490 g/mol. The average molecular weight is 522 g/mol. The van der Waals surface area contributed by atoms with Crippen LogP contribution in [0.4, 0.5) is 5.95 Å². The van der Waals surface area contributed by atoms with E-state index in [-0.39, 0.29) is 30.3 Å². The first-order chi connectivity index (χ1) is 18.4. The lowest BCUT2D eigenvalue weighted by molar-refractivity contribution is -0.141. The molecule has 4 heterocycles. The molecule has 12 nitrogen and oxygen atoms in total. The third kappa shape index (κ3) is 4.40. The third-order valence-electron chi connectivity index (χ3n) is 6.94. The Morgan fingerprint density at radius 1 is 1.13 bits per heavy atom. The average Bonchev–Trinajstić information content (AvgIpc) is 3.32. The van der Waals surface area contributed by atoms with Crippen molar-refractivity contribution >= 4 is 34.0 Å². The Balaban J connectivity index is 1.72. The summed E-state index contributed by atoms with van der Waals surface area (Å²) in [6.07, 6.45) is 1.80. The molecule has 38 heavy (non-hydrogen) atoms. The van der Waals surface area contributed by atoms with E-state index < -0.39 is 17.2 Å². The van der Waals surface area contributed by atoms with Gasteiger partial charge >= 0.3 is 11.7 Å². The summed E-state index contributed by atoms with van der Waals surface area (Å²) < 4.78 is 14.4. The molecule has 0 amide bonds. The first kappa shape index (κ1) is 25.5. The number of pyridine rings is 1. The highest BCUT2D eigenvalue weighted by atomic mass is 16.5. The SMILES string of the molecule is CCn1c(N2CCCC(N)C2)nc2c1c(=O)n(Cc1cc(OC)c3ccccc3n1)c(=O)n2CC(=O)OC. The molecule has 5 rings (SSSR count). The molecular formula is C26H31N7O5. The maximum atomic E-state index is 13.9. The number of rotatable bonds is 7. The molecule has 1 fully saturated rings. The number of nitrogens with zero attached hydrogens (tertiary/aromatic N) is 6. The molecule has 0 aliphatic carbocycles. The number of ether oxygens (including phenoxy) is 2. The summed E-state index contributed by atoms with van der Waals surface area (Å²) in [4.78, 5) is 51.3. The fraction of sp³-hybridized carbons (Fsp3) is 0.423. The van der Waals surface area contributed by atoms with Gasteiger partial charge in [0.25, 0.3) is 5.56 Å². The maximum Gasteiger partial charge on any atom is 0.333 e. The van der Waals surface area contributed by atoms with Gasteiger partial charge in [0.2, 0.25) is 5.95 Å². The maximum absolute atomic E-state index is 13.9. The van der Waals surface area contributed by atoms with Crippen LogP contribution in [0.1, 0.15) is 25.5 Å². The van der Waals surface area contributed by atoms with E-state index in [4.69, 9.17) is 20.2 Å². The monoisotopic (exact) mass is 521 g/mol. The topological polar surface area (TPSA) is 140 Å². The number of piperidine rings is 1. The summed E-state index contributed by atoms with van der Waals surface area (Å²) in [5.41, 5.74) is 6.54. The standard InChI is InChI=1S/C26H31N7O5/c1-4-31-22-23(29-25(31)30-11-7-8-16(27)13-30)32(15-21(34)38-3)26(36)33(24(22)35)14-17-12-20(37-2)18-9-5-6-10-19(18)28-17/h5-6,9-10,12,16H,4,7-8,11,13-15,27H2,1-3H3. The van der Waals surface area contributed by atoms with Crippen LogP contribution in [0.15, 0.2) is 39.9 Å². The van der Waals surface area contributed by atoms with Gasteiger partial charge in [0.1, 0.15) is 12.3 Å². The number of esters is 1. The van der Waals surface area contributed by atoms with Crippen molar-refractivity contribution in [2.45, 2.75) is 45.4 Å². The van der Waals surface area contributed by atoms with Crippen molar-refractivity contribution in [2.24, 2.45) is 5.73 Å². The molecule has 2 N–H and O–H groups in total. The Morgan fingerprint density at radius 3 is 2.63 bits per heavy atom. The van der Waals surface area contributed by atoms with Crippen molar-refractivity contribution in [1.29, 1.82) is 0 Å². The Labute approximate surface area is 218 Å². The van der Waals surface area contributed by atoms with Crippen LogP contribution in [0.3, 0.4) is 0 Å². The number of anilines is 1. The van der Waals surface area contributed by atoms with Crippen molar-refractivity contribution in [3.05, 3.63) is 56.9 Å². The molecule has 4 aromatic rings. The van der Waals surface area contributed by atoms with Gasteiger partial charge in [-0.1, -0.05) is 12.1 Å². The van der Waals surface area contributed by atoms with E-state index in [1.807, 2.05) is 36.1 Å². The largest absolute Gasteiger partial charge is 0.496 e. The smallest absolute Gasteiger partial charge is 0.333 e. The van der Waals surface area contributed by atoms with Gasteiger partial charge in [-0.05, 0) is 31.9 Å². The summed E-state index contributed by atoms with van der Waals surface area (Å²) in [6, 6.07) is 9.16. The number of aromatic nitrogens is 5. The van der Waals surface area contributed by atoms with Gasteiger partial charge in [-0.25, -0.2) is 4.79 Å². The van der Waals surface area contributed by atoms with Crippen LogP contribution in [0.25, 0.3) is 22.1 Å². The highest BCUT2D eigenvalue weighted by Gasteiger charge is 2.27. The molecule has 1 aliphatic rings. The van der Waals surface area contributed by atoms with E-state index in [1.165, 1.54) is 11.7 Å². The van der Waals surface area contributed by atoms with Crippen molar-refractivity contribution in [1.82, 2.24) is 23.7 Å². The van der Waals surface area contributed by atoms with Gasteiger partial charge in [-0.2, -0.15) is 4.98 Å². The van der Waals surface area contributed by atoms with Gasteiger partial charge in [-0.3, -0.25) is 23.7 Å². The Bertz CT molecular complexity index is 1640. The van der Waals surface area contributed by atoms with E-state index in [2.05, 4.69) is 4.98 Å². The fourth-order valence-corrected chi connectivity index (χ4v) is 5.09. The summed E-state index contributed by atoms with van der Waals surface area (Å²) in [7, 11) is 2.80. The first-order valence-electron chi connectivity index (χ1n) is 12.6. The number of benzene rings is 1. The number of carbonyl (C=O) groups excluding carboxylic acids is 1. The number of hydrogen-bond donors (Lipinski definition) is 1. The lowest BCUT2D eigenvalue weighted by Crippen LogP contribution is -2.44. The molecule has 200 valence electrons. The number of hydrogen-bond acceptors (Lipinski definition) is 9. The van der Waals surface area contributed by atoms with E-state index in [0.29, 0.717) is 36.0 Å². The lowest BCUT2D eigenvalue weighted by Gasteiger charge is -2.31. The van der Waals surface area contributed by atoms with E-state index >= 15 is 0 Å². The predicted octanol–water partition coefficient (Wildman–Crippen LogP) is 1.09. The Morgan fingerprint density at radius 2 is 1.92 bits per heavy atom. The number of aryl methyl sites for hydroxylation is 1. The number of nitrogens with two attached hydrogens (primary N) is 1. The Hall–Kier alpha value is -4.19. The zero-order valence-corrected chi connectivity index (χ0v) is 21.7. The third-order valence-corrected chi connectivity index (χ3v) is 6.94. The zero-order chi connectivity index (χ0) is 27.0. The van der Waals surface area contributed by atoms with Crippen LogP contribution in [0, 0.1) is 0 Å². The van der Waals surface area contributed by atoms with Gasteiger partial charge in [0.15, 0.2) is 11.2 Å². The molecule has 3 aromatic heterocycles. The van der Waals surface area contributed by atoms with Crippen LogP contribution in [-0.2, 0) is 29.2 Å². The normalized spacial score (nSPS) is 15.8. The molecule has 0 bridgehead atoms. The number of fused-ring (bicyclic) bond motifs is 2. The minimum Gasteiger partial charge on any atom is -0.496 e. The van der Waals surface area contributed by atoms with Crippen LogP contribution in [0.2, 0.25) is 0 Å². The molecule has 0 spiro atoms. The van der Waals surface area contributed by atoms with Crippen LogP contribution in [0.5, 0.6) is 5.75 Å². The van der Waals surface area contributed by atoms with Crippen LogP contribution >= 0.6 is 0 Å². The van der Waals surface area contributed by atoms with Crippen molar-refractivity contribution in [3.8, 4) is 5.75 Å². The van der Waals surface area contributed by atoms with Gasteiger partial charge < -0.3 is 24.7 Å². The second kappa shape index (κ2) is 10.3. The van der Waals surface area contributed by atoms with E-state index in [9.17, 15) is 14.4 Å². The minimum atomic E-state index is -0.676. The van der Waals surface area contributed by atoms with Gasteiger partial charge in [0, 0.05) is 37.1 Å². The number of carbonyl (C=O) groups is 1. The number of para-hydroxylation sites is 1. The molecule has 1 aliphatic heterocycles. The van der Waals surface area contributed by atoms with Crippen LogP contribution in [-0.4, -0.2) is 63.0 Å². The quantitative estimate of drug-likeness (QED) is 0.354. The van der Waals surface area contributed by atoms with Crippen molar-refractivity contribution in [3.63, 3.8) is 0 Å². The minimum absolute atomic E-state index is 0.0169. The first-order valence-corrected chi connectivity index (χ1v) is 12.6. The van der Waals surface area contributed by atoms with Crippen molar-refractivity contribution < 1.29 is 14.3 Å². The lowest BCUT2D eigenvalue weighted by atomic mass is 10.1. The summed E-state index contributed by atoms with van der Waals surface area (Å²) in [5, 5.41) is 0.818. The second-order valence-corrected chi connectivity index (χ2v) is 9.35. The van der Waals surface area contributed by atoms with Gasteiger partial charge in [0.05, 0.1) is 32.0 Å². The zero-order valence-electron chi connectivity index (χ0n) is 21.7. The molecule has 1 unspecified atom stereocenters. The van der Waals surface area contributed by atoms with Crippen molar-refractivity contribution in [2.75, 3.05) is 32.2 Å². The fourth-order valence-electron chi connectivity index (χ4n) is 5.09. The summed E-state index contributed by atoms with van der Waals surface area (Å²) in [6.45, 7) is 3.15. The van der Waals surface area contributed by atoms with E-state index in [1.54, 1.807) is 17.7 Å². The molecule has 1 saturated heterocycles. The number of imidazole rings is 1. The summed E-state index contributed by atoms with van der Waals surface area (Å²) in [5.74, 6) is 0.504. The molecule has 0 radical (unpaired) electrons. The molecule has 0 saturated carbocycles. The molecule has 1 aromatic carbocycles. The van der Waals surface area contributed by atoms with E-state index in [0.717, 1.165) is 29.3 Å². The highest BCUT2D eigenvalue weighted by Crippen LogP contribution is 2.26. The van der Waals surface area contributed by atoms with Crippen LogP contribution < -0.4 is 26.6 Å². The molecule has 12 heteroatoms. The second-order valence-electron chi connectivity index (χ2n) is 9.35. The highest BCUT2D eigenvalue weighted by molar-refractivity contribution is 5.85. The number of methoxy groups -OCH3 is 2.